The van der Waals surface area contributed by atoms with Gasteiger partial charge in [0, 0.05) is 15.3 Å². The zero-order chi connectivity index (χ0) is 15.0. The van der Waals surface area contributed by atoms with Crippen LogP contribution in [0, 0.1) is 24.3 Å². The molecule has 0 amide bonds. The summed E-state index contributed by atoms with van der Waals surface area (Å²) in [5.74, 6) is 0. The average molecular weight is 405 g/mol. The second kappa shape index (κ2) is 5.89. The van der Waals surface area contributed by atoms with Gasteiger partial charge in [-0.15, -0.1) is 11.3 Å². The minimum absolute atomic E-state index is 1.10. The van der Waals surface area contributed by atoms with Crippen molar-refractivity contribution < 1.29 is 0 Å². The molecule has 0 aliphatic carbocycles. The minimum Gasteiger partial charge on any atom is -0.244 e. The molecule has 0 unspecified atom stereocenters. The predicted octanol–water partition coefficient (Wildman–Crippen LogP) is 6.01. The molecule has 3 rings (SSSR count). The van der Waals surface area contributed by atoms with Crippen LogP contribution in [0.2, 0.25) is 0 Å². The van der Waals surface area contributed by atoms with E-state index in [2.05, 4.69) is 84.7 Å². The van der Waals surface area contributed by atoms with Crippen LogP contribution >= 0.6 is 33.9 Å². The first kappa shape index (κ1) is 14.7. The highest BCUT2D eigenvalue weighted by molar-refractivity contribution is 14.1. The average Bonchev–Trinajstić information content (AvgIpc) is 2.93. The molecule has 0 aliphatic heterocycles. The van der Waals surface area contributed by atoms with Gasteiger partial charge in [0.1, 0.15) is 5.01 Å². The first-order valence-corrected chi connectivity index (χ1v) is 8.74. The number of hydrogen-bond acceptors (Lipinski definition) is 2. The van der Waals surface area contributed by atoms with Gasteiger partial charge in [-0.3, -0.25) is 0 Å². The van der Waals surface area contributed by atoms with Gasteiger partial charge in [-0.2, -0.15) is 0 Å². The van der Waals surface area contributed by atoms with E-state index in [0.29, 0.717) is 0 Å². The van der Waals surface area contributed by atoms with Crippen molar-refractivity contribution in [2.75, 3.05) is 0 Å². The van der Waals surface area contributed by atoms with E-state index in [0.717, 1.165) is 5.01 Å². The minimum atomic E-state index is 1.10. The Hall–Kier alpha value is -1.20. The van der Waals surface area contributed by atoms with E-state index in [9.17, 15) is 0 Å². The lowest BCUT2D eigenvalue weighted by Gasteiger charge is -2.06. The van der Waals surface area contributed by atoms with Gasteiger partial charge in [0.25, 0.3) is 0 Å². The zero-order valence-electron chi connectivity index (χ0n) is 12.3. The van der Waals surface area contributed by atoms with E-state index in [1.807, 2.05) is 6.20 Å². The number of benzene rings is 2. The van der Waals surface area contributed by atoms with Crippen LogP contribution in [0.1, 0.15) is 16.7 Å². The third-order valence-corrected chi connectivity index (χ3v) is 5.63. The van der Waals surface area contributed by atoms with Gasteiger partial charge in [-0.25, -0.2) is 4.98 Å². The largest absolute Gasteiger partial charge is 0.244 e. The topological polar surface area (TPSA) is 12.9 Å². The van der Waals surface area contributed by atoms with E-state index >= 15 is 0 Å². The molecule has 1 nitrogen and oxygen atoms in total. The summed E-state index contributed by atoms with van der Waals surface area (Å²) in [5.41, 5.74) is 6.41. The van der Waals surface area contributed by atoms with E-state index in [1.165, 1.54) is 36.3 Å². The van der Waals surface area contributed by atoms with Gasteiger partial charge in [0.2, 0.25) is 0 Å². The van der Waals surface area contributed by atoms with Crippen LogP contribution in [0.25, 0.3) is 21.0 Å². The van der Waals surface area contributed by atoms with Crippen molar-refractivity contribution in [2.24, 2.45) is 0 Å². The quantitative estimate of drug-likeness (QED) is 0.476. The number of aromatic nitrogens is 1. The van der Waals surface area contributed by atoms with Gasteiger partial charge in [0.15, 0.2) is 0 Å². The molecule has 1 aromatic heterocycles. The molecule has 1 heterocycles. The Morgan fingerprint density at radius 3 is 2.33 bits per heavy atom. The highest BCUT2D eigenvalue weighted by Gasteiger charge is 2.11. The van der Waals surface area contributed by atoms with Crippen LogP contribution in [0.15, 0.2) is 42.6 Å². The summed E-state index contributed by atoms with van der Waals surface area (Å²) < 4.78 is 1.26. The summed E-state index contributed by atoms with van der Waals surface area (Å²) in [4.78, 5) is 5.85. The molecule has 0 atom stereocenters. The molecule has 0 radical (unpaired) electrons. The van der Waals surface area contributed by atoms with Crippen molar-refractivity contribution in [3.05, 3.63) is 62.9 Å². The van der Waals surface area contributed by atoms with Crippen LogP contribution in [0.4, 0.5) is 0 Å². The maximum absolute atomic E-state index is 4.63. The molecule has 0 bridgehead atoms. The van der Waals surface area contributed by atoms with E-state index in [4.69, 9.17) is 0 Å². The Kier molecular flexibility index (Phi) is 4.13. The Morgan fingerprint density at radius 2 is 1.62 bits per heavy atom. The molecule has 0 aliphatic rings. The smallest absolute Gasteiger partial charge is 0.124 e. The van der Waals surface area contributed by atoms with Crippen LogP contribution in [0.3, 0.4) is 0 Å². The van der Waals surface area contributed by atoms with Gasteiger partial charge in [0.05, 0.1) is 4.88 Å². The third kappa shape index (κ3) is 3.04. The molecular formula is C18H16INS. The Morgan fingerprint density at radius 1 is 0.952 bits per heavy atom. The summed E-state index contributed by atoms with van der Waals surface area (Å²) >= 11 is 4.16. The van der Waals surface area contributed by atoms with Crippen LogP contribution in [-0.4, -0.2) is 4.98 Å². The Labute approximate surface area is 143 Å². The van der Waals surface area contributed by atoms with Gasteiger partial charge >= 0.3 is 0 Å². The molecule has 2 aromatic carbocycles. The lowest BCUT2D eigenvalue weighted by Crippen LogP contribution is -1.87. The molecule has 106 valence electrons. The predicted molar refractivity (Wildman–Crippen MR) is 99.9 cm³/mol. The summed E-state index contributed by atoms with van der Waals surface area (Å²) in [5, 5.41) is 1.10. The fourth-order valence-electron chi connectivity index (χ4n) is 2.19. The van der Waals surface area contributed by atoms with Crippen molar-refractivity contribution in [2.45, 2.75) is 20.8 Å². The van der Waals surface area contributed by atoms with Crippen LogP contribution < -0.4 is 0 Å². The maximum Gasteiger partial charge on any atom is 0.124 e. The van der Waals surface area contributed by atoms with Crippen LogP contribution in [-0.2, 0) is 0 Å². The summed E-state index contributed by atoms with van der Waals surface area (Å²) in [7, 11) is 0. The number of hydrogen-bond donors (Lipinski definition) is 0. The molecule has 0 fully saturated rings. The SMILES string of the molecule is Cc1ccc(-c2cnc(-c3cc(C)c(C)cc3I)s2)cc1. The van der Waals surface area contributed by atoms with Crippen LogP contribution in [0.5, 0.6) is 0 Å². The first-order chi connectivity index (χ1) is 10.0. The Bertz CT molecular complexity index is 787. The standard InChI is InChI=1S/C18H16INS/c1-11-4-6-14(7-5-11)17-10-20-18(21-17)15-8-12(2)13(3)9-16(15)19/h4-10H,1-3H3. The van der Waals surface area contributed by atoms with Crippen molar-refractivity contribution in [3.8, 4) is 21.0 Å². The number of thiazole rings is 1. The first-order valence-electron chi connectivity index (χ1n) is 6.84. The van der Waals surface area contributed by atoms with Crippen molar-refractivity contribution in [1.29, 1.82) is 0 Å². The molecule has 3 aromatic rings. The lowest BCUT2D eigenvalue weighted by atomic mass is 10.1. The van der Waals surface area contributed by atoms with Gasteiger partial charge < -0.3 is 0 Å². The number of halogens is 1. The number of nitrogens with zero attached hydrogens (tertiary/aromatic N) is 1. The number of rotatable bonds is 2. The summed E-state index contributed by atoms with van der Waals surface area (Å²) in [6, 6.07) is 13.1. The Balaban J connectivity index is 2.02. The van der Waals surface area contributed by atoms with Gasteiger partial charge in [-0.1, -0.05) is 29.8 Å². The van der Waals surface area contributed by atoms with E-state index in [1.54, 1.807) is 11.3 Å². The number of aryl methyl sites for hydroxylation is 3. The molecule has 0 saturated carbocycles. The lowest BCUT2D eigenvalue weighted by molar-refractivity contribution is 1.31. The monoisotopic (exact) mass is 405 g/mol. The highest BCUT2D eigenvalue weighted by atomic mass is 127. The summed E-state index contributed by atoms with van der Waals surface area (Å²) in [6.07, 6.45) is 1.98. The molecule has 21 heavy (non-hydrogen) atoms. The normalized spacial score (nSPS) is 10.9. The molecule has 0 spiro atoms. The second-order valence-corrected chi connectivity index (χ2v) is 7.50. The van der Waals surface area contributed by atoms with Gasteiger partial charge in [-0.05, 0) is 72.2 Å². The zero-order valence-corrected chi connectivity index (χ0v) is 15.2. The van der Waals surface area contributed by atoms with E-state index < -0.39 is 0 Å². The summed E-state index contributed by atoms with van der Waals surface area (Å²) in [6.45, 7) is 6.42. The maximum atomic E-state index is 4.63. The second-order valence-electron chi connectivity index (χ2n) is 5.31. The third-order valence-electron chi connectivity index (χ3n) is 3.66. The highest BCUT2D eigenvalue weighted by Crippen LogP contribution is 2.35. The van der Waals surface area contributed by atoms with Crippen molar-refractivity contribution in [3.63, 3.8) is 0 Å². The molecule has 0 saturated heterocycles. The molecular weight excluding hydrogens is 389 g/mol. The van der Waals surface area contributed by atoms with E-state index in [-0.39, 0.29) is 0 Å². The fourth-order valence-corrected chi connectivity index (χ4v) is 4.21. The molecule has 3 heteroatoms. The molecule has 0 N–H and O–H groups in total. The van der Waals surface area contributed by atoms with Crippen molar-refractivity contribution >= 4 is 33.9 Å². The van der Waals surface area contributed by atoms with Crippen molar-refractivity contribution in [1.82, 2.24) is 4.98 Å². The fraction of sp³-hybridized carbons (Fsp3) is 0.167.